The van der Waals surface area contributed by atoms with Crippen LogP contribution in [0, 0.1) is 6.92 Å². The van der Waals surface area contributed by atoms with Crippen LogP contribution in [0.15, 0.2) is 48.9 Å². The van der Waals surface area contributed by atoms with Gasteiger partial charge in [0.2, 0.25) is 0 Å². The molecule has 20 heavy (non-hydrogen) atoms. The zero-order valence-electron chi connectivity index (χ0n) is 10.9. The van der Waals surface area contributed by atoms with Crippen LogP contribution in [0.1, 0.15) is 22.9 Å². The van der Waals surface area contributed by atoms with Crippen LogP contribution in [-0.2, 0) is 11.3 Å². The molecule has 0 amide bonds. The smallest absolute Gasteiger partial charge is 0.125 e. The molecule has 2 heterocycles. The van der Waals surface area contributed by atoms with Crippen LogP contribution in [0.25, 0.3) is 10.8 Å². The molecule has 0 fully saturated rings. The molecule has 1 aromatic heterocycles. The number of ether oxygens (including phenoxy) is 1. The topological polar surface area (TPSA) is 27.1 Å². The highest BCUT2D eigenvalue weighted by Crippen LogP contribution is 2.34. The second kappa shape index (κ2) is 4.46. The molecule has 3 aromatic rings. The molecule has 3 heteroatoms. The van der Waals surface area contributed by atoms with Gasteiger partial charge in [0.1, 0.15) is 6.10 Å². The molecule has 1 aliphatic rings. The van der Waals surface area contributed by atoms with E-state index in [2.05, 4.69) is 15.6 Å². The lowest BCUT2D eigenvalue weighted by Gasteiger charge is -2.26. The first kappa shape index (κ1) is 11.7. The number of fused-ring (bicyclic) bond motifs is 2. The highest BCUT2D eigenvalue weighted by atomic mass is 16.5. The van der Waals surface area contributed by atoms with E-state index in [-0.39, 0.29) is 6.10 Å². The van der Waals surface area contributed by atoms with Crippen molar-refractivity contribution in [2.45, 2.75) is 12.6 Å². The van der Waals surface area contributed by atoms with Crippen LogP contribution in [-0.4, -0.2) is 16.2 Å². The van der Waals surface area contributed by atoms with Crippen molar-refractivity contribution in [3.8, 4) is 0 Å². The van der Waals surface area contributed by atoms with Gasteiger partial charge >= 0.3 is 0 Å². The molecule has 1 atom stereocenters. The maximum absolute atomic E-state index is 8.03. The fourth-order valence-electron chi connectivity index (χ4n) is 2.89. The van der Waals surface area contributed by atoms with E-state index in [0.717, 1.165) is 28.6 Å². The third-order valence-corrected chi connectivity index (χ3v) is 3.87. The van der Waals surface area contributed by atoms with Crippen LogP contribution in [0.3, 0.4) is 0 Å². The van der Waals surface area contributed by atoms with Gasteiger partial charge in [-0.1, -0.05) is 36.4 Å². The first-order valence-electron chi connectivity index (χ1n) is 6.69. The Hall–Kier alpha value is -2.13. The molecule has 1 unspecified atom stereocenters. The summed E-state index contributed by atoms with van der Waals surface area (Å²) in [7, 11) is 0. The Morgan fingerprint density at radius 1 is 1.15 bits per heavy atom. The molecule has 3 radical (unpaired) electrons. The third kappa shape index (κ3) is 1.67. The van der Waals surface area contributed by atoms with Crippen LogP contribution in [0.2, 0.25) is 0 Å². The zero-order chi connectivity index (χ0) is 13.5. The average Bonchev–Trinajstić information content (AvgIpc) is 2.97. The summed E-state index contributed by atoms with van der Waals surface area (Å²) in [5.74, 6) is 0. The van der Waals surface area contributed by atoms with E-state index >= 15 is 0 Å². The van der Waals surface area contributed by atoms with Crippen LogP contribution in [0.5, 0.6) is 0 Å². The molecule has 3 nitrogen and oxygen atoms in total. The largest absolute Gasteiger partial charge is 0.365 e. The summed E-state index contributed by atoms with van der Waals surface area (Å²) in [5.41, 5.74) is 2.74. The van der Waals surface area contributed by atoms with E-state index in [4.69, 9.17) is 11.7 Å². The Kier molecular flexibility index (Phi) is 2.60. The lowest BCUT2D eigenvalue weighted by Crippen LogP contribution is -2.21. The van der Waals surface area contributed by atoms with Gasteiger partial charge in [-0.2, -0.15) is 0 Å². The summed E-state index contributed by atoms with van der Waals surface area (Å²) in [5, 5.41) is 2.05. The number of rotatable bonds is 1. The Morgan fingerprint density at radius 3 is 2.90 bits per heavy atom. The number of hydrogen-bond donors (Lipinski definition) is 0. The second-order valence-corrected chi connectivity index (χ2v) is 5.01. The predicted octanol–water partition coefficient (Wildman–Crippen LogP) is 3.09. The number of nitrogens with zero attached hydrogens (tertiary/aromatic N) is 2. The van der Waals surface area contributed by atoms with Crippen LogP contribution in [0.4, 0.5) is 0 Å². The summed E-state index contributed by atoms with van der Waals surface area (Å²) in [4.78, 5) is 4.22. The number of aromatic nitrogens is 2. The van der Waals surface area contributed by atoms with Gasteiger partial charge in [-0.3, -0.25) is 0 Å². The van der Waals surface area contributed by atoms with Crippen molar-refractivity contribution in [1.29, 1.82) is 0 Å². The summed E-state index contributed by atoms with van der Waals surface area (Å²) in [6, 6.07) is 11.9. The summed E-state index contributed by atoms with van der Waals surface area (Å²) < 4.78 is 8.11. The van der Waals surface area contributed by atoms with Gasteiger partial charge in [-0.15, -0.1) is 0 Å². The monoisotopic (exact) mass is 261 g/mol. The molecule has 0 bridgehead atoms. The average molecular weight is 261 g/mol. The Bertz CT molecular complexity index is 776. The van der Waals surface area contributed by atoms with Gasteiger partial charge in [-0.05, 0) is 21.9 Å². The number of benzene rings is 2. The maximum Gasteiger partial charge on any atom is 0.125 e. The van der Waals surface area contributed by atoms with Gasteiger partial charge < -0.3 is 9.30 Å². The fourth-order valence-corrected chi connectivity index (χ4v) is 2.89. The minimum absolute atomic E-state index is 0.100. The molecule has 0 spiro atoms. The lowest BCUT2D eigenvalue weighted by atomic mass is 9.95. The predicted molar refractivity (Wildman–Crippen MR) is 76.3 cm³/mol. The Morgan fingerprint density at radius 2 is 2.00 bits per heavy atom. The summed E-state index contributed by atoms with van der Waals surface area (Å²) in [6.45, 7) is 9.56. The number of imidazole rings is 1. The van der Waals surface area contributed by atoms with E-state index < -0.39 is 0 Å². The minimum atomic E-state index is -0.100. The molecular formula is C17H13N2O. The SMILES string of the molecule is [C]c1ccc(C2OCCn3cncc32)c2ccccc12. The van der Waals surface area contributed by atoms with E-state index in [9.17, 15) is 0 Å². The fraction of sp³-hybridized carbons (Fsp3) is 0.176. The molecule has 0 saturated heterocycles. The van der Waals surface area contributed by atoms with Crippen molar-refractivity contribution in [2.75, 3.05) is 6.61 Å². The molecule has 0 aliphatic carbocycles. The molecule has 2 aromatic carbocycles. The van der Waals surface area contributed by atoms with Gasteiger partial charge in [0.05, 0.1) is 24.8 Å². The standard InChI is InChI=1S/C17H13N2O/c1-12-6-7-15(14-5-3-2-4-13(12)14)17-16-10-18-11-19(16)8-9-20-17/h2-7,10-11,17H,8-9H2. The molecular weight excluding hydrogens is 248 g/mol. The van der Waals surface area contributed by atoms with E-state index in [1.807, 2.05) is 42.9 Å². The highest BCUT2D eigenvalue weighted by Gasteiger charge is 2.24. The van der Waals surface area contributed by atoms with Gasteiger partial charge in [0, 0.05) is 13.5 Å². The van der Waals surface area contributed by atoms with Gasteiger partial charge in [0.15, 0.2) is 0 Å². The Balaban J connectivity index is 1.95. The van der Waals surface area contributed by atoms with Crippen molar-refractivity contribution < 1.29 is 4.74 Å². The quantitative estimate of drug-likeness (QED) is 0.673. The second-order valence-electron chi connectivity index (χ2n) is 5.01. The van der Waals surface area contributed by atoms with Gasteiger partial charge in [-0.25, -0.2) is 4.98 Å². The Labute approximate surface area is 117 Å². The van der Waals surface area contributed by atoms with Gasteiger partial charge in [0.25, 0.3) is 0 Å². The molecule has 97 valence electrons. The molecule has 0 saturated carbocycles. The lowest BCUT2D eigenvalue weighted by molar-refractivity contribution is 0.0473. The van der Waals surface area contributed by atoms with Crippen molar-refractivity contribution in [2.24, 2.45) is 0 Å². The van der Waals surface area contributed by atoms with Crippen molar-refractivity contribution >= 4 is 10.8 Å². The summed E-state index contributed by atoms with van der Waals surface area (Å²) in [6.07, 6.45) is 3.62. The normalized spacial score (nSPS) is 18.1. The van der Waals surface area contributed by atoms with Crippen molar-refractivity contribution in [1.82, 2.24) is 9.55 Å². The zero-order valence-corrected chi connectivity index (χ0v) is 10.9. The first-order chi connectivity index (χ1) is 9.84. The minimum Gasteiger partial charge on any atom is -0.365 e. The van der Waals surface area contributed by atoms with Crippen LogP contribution >= 0.6 is 0 Å². The van der Waals surface area contributed by atoms with E-state index in [0.29, 0.717) is 12.2 Å². The number of hydrogen-bond acceptors (Lipinski definition) is 2. The van der Waals surface area contributed by atoms with E-state index in [1.165, 1.54) is 0 Å². The van der Waals surface area contributed by atoms with Crippen LogP contribution < -0.4 is 0 Å². The van der Waals surface area contributed by atoms with Crippen molar-refractivity contribution in [3.63, 3.8) is 0 Å². The third-order valence-electron chi connectivity index (χ3n) is 3.87. The summed E-state index contributed by atoms with van der Waals surface area (Å²) >= 11 is 0. The molecule has 4 rings (SSSR count). The maximum atomic E-state index is 8.03. The van der Waals surface area contributed by atoms with Crippen molar-refractivity contribution in [3.05, 3.63) is 72.7 Å². The first-order valence-corrected chi connectivity index (χ1v) is 6.69. The molecule has 1 aliphatic heterocycles. The molecule has 0 N–H and O–H groups in total. The highest BCUT2D eigenvalue weighted by molar-refractivity contribution is 5.89. The van der Waals surface area contributed by atoms with E-state index in [1.54, 1.807) is 0 Å².